The molecule has 0 atom stereocenters. The van der Waals surface area contributed by atoms with Gasteiger partial charge in [0.25, 0.3) is 5.91 Å². The van der Waals surface area contributed by atoms with E-state index in [2.05, 4.69) is 5.32 Å². The Labute approximate surface area is 128 Å². The van der Waals surface area contributed by atoms with E-state index in [4.69, 9.17) is 4.74 Å². The minimum Gasteiger partial charge on any atom is -0.454 e. The first-order chi connectivity index (χ1) is 10.6. The van der Waals surface area contributed by atoms with Gasteiger partial charge < -0.3 is 15.0 Å². The van der Waals surface area contributed by atoms with E-state index in [1.54, 1.807) is 37.1 Å². The average molecular weight is 296 g/mol. The first kappa shape index (κ1) is 14.1. The van der Waals surface area contributed by atoms with Crippen molar-refractivity contribution < 1.29 is 14.3 Å². The fourth-order valence-electron chi connectivity index (χ4n) is 2.34. The lowest BCUT2D eigenvalue weighted by atomic mass is 10.1. The number of rotatable bonds is 2. The molecule has 2 amide bonds. The van der Waals surface area contributed by atoms with Crippen LogP contribution < -0.4 is 15.0 Å². The SMILES string of the molecule is CCC(=O)Nc1ccc2c(c1)C(=O)N(C)c1ccccc1O2. The van der Waals surface area contributed by atoms with E-state index in [9.17, 15) is 9.59 Å². The van der Waals surface area contributed by atoms with Crippen LogP contribution >= 0.6 is 0 Å². The van der Waals surface area contributed by atoms with Gasteiger partial charge >= 0.3 is 0 Å². The Kier molecular flexibility index (Phi) is 3.55. The van der Waals surface area contributed by atoms with Crippen LogP contribution in [-0.4, -0.2) is 18.9 Å². The molecule has 2 aromatic rings. The molecule has 0 radical (unpaired) electrons. The van der Waals surface area contributed by atoms with Gasteiger partial charge in [0.2, 0.25) is 5.91 Å². The van der Waals surface area contributed by atoms with Gasteiger partial charge in [0.1, 0.15) is 5.75 Å². The molecule has 0 aromatic heterocycles. The lowest BCUT2D eigenvalue weighted by molar-refractivity contribution is -0.115. The zero-order valence-corrected chi connectivity index (χ0v) is 12.4. The topological polar surface area (TPSA) is 58.6 Å². The fraction of sp³-hybridized carbons (Fsp3) is 0.176. The molecule has 1 N–H and O–H groups in total. The predicted octanol–water partition coefficient (Wildman–Crippen LogP) is 3.42. The summed E-state index contributed by atoms with van der Waals surface area (Å²) in [5.41, 5.74) is 1.72. The summed E-state index contributed by atoms with van der Waals surface area (Å²) in [4.78, 5) is 25.7. The van der Waals surface area contributed by atoms with Crippen LogP contribution in [0.5, 0.6) is 11.5 Å². The van der Waals surface area contributed by atoms with Crippen LogP contribution in [0.15, 0.2) is 42.5 Å². The molecule has 22 heavy (non-hydrogen) atoms. The number of fused-ring (bicyclic) bond motifs is 2. The molecular weight excluding hydrogens is 280 g/mol. The van der Waals surface area contributed by atoms with Gasteiger partial charge in [-0.15, -0.1) is 0 Å². The van der Waals surface area contributed by atoms with Crippen LogP contribution in [0.25, 0.3) is 0 Å². The maximum atomic E-state index is 12.6. The Morgan fingerprint density at radius 1 is 1.18 bits per heavy atom. The quantitative estimate of drug-likeness (QED) is 0.923. The van der Waals surface area contributed by atoms with Crippen molar-refractivity contribution in [3.63, 3.8) is 0 Å². The van der Waals surface area contributed by atoms with Crippen molar-refractivity contribution in [3.05, 3.63) is 48.0 Å². The summed E-state index contributed by atoms with van der Waals surface area (Å²) >= 11 is 0. The molecular formula is C17H16N2O3. The number of carbonyl (C=O) groups is 2. The molecule has 0 saturated heterocycles. The van der Waals surface area contributed by atoms with E-state index >= 15 is 0 Å². The molecule has 0 spiro atoms. The molecule has 5 nitrogen and oxygen atoms in total. The predicted molar refractivity (Wildman–Crippen MR) is 84.6 cm³/mol. The maximum Gasteiger partial charge on any atom is 0.261 e. The molecule has 0 unspecified atom stereocenters. The monoisotopic (exact) mass is 296 g/mol. The number of para-hydroxylation sites is 2. The summed E-state index contributed by atoms with van der Waals surface area (Å²) in [5.74, 6) is 0.838. The number of hydrogen-bond acceptors (Lipinski definition) is 3. The molecule has 1 aliphatic heterocycles. The number of carbonyl (C=O) groups excluding carboxylic acids is 2. The summed E-state index contributed by atoms with van der Waals surface area (Å²) in [7, 11) is 1.71. The number of nitrogens with one attached hydrogen (secondary N) is 1. The van der Waals surface area contributed by atoms with Crippen molar-refractivity contribution in [2.24, 2.45) is 0 Å². The summed E-state index contributed by atoms with van der Waals surface area (Å²) in [6, 6.07) is 12.4. The van der Waals surface area contributed by atoms with E-state index in [0.29, 0.717) is 34.9 Å². The third-order valence-electron chi connectivity index (χ3n) is 3.57. The summed E-state index contributed by atoms with van der Waals surface area (Å²) in [5, 5.41) is 2.75. The minimum absolute atomic E-state index is 0.0985. The van der Waals surface area contributed by atoms with Gasteiger partial charge in [-0.25, -0.2) is 0 Å². The number of ether oxygens (including phenoxy) is 1. The molecule has 0 saturated carbocycles. The zero-order valence-electron chi connectivity index (χ0n) is 12.4. The van der Waals surface area contributed by atoms with Gasteiger partial charge in [0.15, 0.2) is 5.75 Å². The lowest BCUT2D eigenvalue weighted by Crippen LogP contribution is -2.25. The molecule has 2 aromatic carbocycles. The summed E-state index contributed by atoms with van der Waals surface area (Å²) in [6.07, 6.45) is 0.382. The van der Waals surface area contributed by atoms with E-state index in [-0.39, 0.29) is 11.8 Å². The molecule has 0 bridgehead atoms. The Morgan fingerprint density at radius 3 is 2.73 bits per heavy atom. The van der Waals surface area contributed by atoms with Crippen molar-refractivity contribution in [2.75, 3.05) is 17.3 Å². The number of benzene rings is 2. The summed E-state index contributed by atoms with van der Waals surface area (Å²) < 4.78 is 5.85. The molecule has 0 fully saturated rings. The third-order valence-corrected chi connectivity index (χ3v) is 3.57. The first-order valence-electron chi connectivity index (χ1n) is 7.09. The standard InChI is InChI=1S/C17H16N2O3/c1-3-16(20)18-11-8-9-14-12(10-11)17(21)19(2)13-6-4-5-7-15(13)22-14/h4-10H,3H2,1-2H3,(H,18,20). The smallest absolute Gasteiger partial charge is 0.261 e. The number of amides is 2. The average Bonchev–Trinajstić information content (AvgIpc) is 2.64. The van der Waals surface area contributed by atoms with Crippen LogP contribution in [-0.2, 0) is 4.79 Å². The second-order valence-electron chi connectivity index (χ2n) is 5.05. The van der Waals surface area contributed by atoms with Crippen molar-refractivity contribution in [1.29, 1.82) is 0 Å². The van der Waals surface area contributed by atoms with Crippen LogP contribution in [0.2, 0.25) is 0 Å². The molecule has 5 heteroatoms. The Balaban J connectivity index is 2.04. The Morgan fingerprint density at radius 2 is 1.95 bits per heavy atom. The van der Waals surface area contributed by atoms with Gasteiger partial charge in [-0.3, -0.25) is 9.59 Å². The largest absolute Gasteiger partial charge is 0.454 e. The van der Waals surface area contributed by atoms with Crippen molar-refractivity contribution in [2.45, 2.75) is 13.3 Å². The Hall–Kier alpha value is -2.82. The molecule has 112 valence electrons. The van der Waals surface area contributed by atoms with Gasteiger partial charge in [-0.2, -0.15) is 0 Å². The van der Waals surface area contributed by atoms with Crippen LogP contribution in [0.3, 0.4) is 0 Å². The van der Waals surface area contributed by atoms with Gasteiger partial charge in [-0.1, -0.05) is 19.1 Å². The van der Waals surface area contributed by atoms with Crippen molar-refractivity contribution >= 4 is 23.2 Å². The van der Waals surface area contributed by atoms with E-state index in [0.717, 1.165) is 0 Å². The highest BCUT2D eigenvalue weighted by molar-refractivity contribution is 6.10. The Bertz CT molecular complexity index is 755. The molecule has 3 rings (SSSR count). The van der Waals surface area contributed by atoms with Crippen LogP contribution in [0.1, 0.15) is 23.7 Å². The first-order valence-corrected chi connectivity index (χ1v) is 7.09. The number of anilines is 2. The molecule has 1 aliphatic rings. The highest BCUT2D eigenvalue weighted by atomic mass is 16.5. The normalized spacial score (nSPS) is 12.8. The van der Waals surface area contributed by atoms with E-state index in [1.807, 2.05) is 24.3 Å². The van der Waals surface area contributed by atoms with Crippen molar-refractivity contribution in [1.82, 2.24) is 0 Å². The third kappa shape index (κ3) is 2.41. The van der Waals surface area contributed by atoms with Crippen LogP contribution in [0.4, 0.5) is 11.4 Å². The van der Waals surface area contributed by atoms with E-state index in [1.165, 1.54) is 0 Å². The van der Waals surface area contributed by atoms with Gasteiger partial charge in [-0.05, 0) is 30.3 Å². The maximum absolute atomic E-state index is 12.6. The molecule has 1 heterocycles. The highest BCUT2D eigenvalue weighted by Crippen LogP contribution is 2.38. The van der Waals surface area contributed by atoms with E-state index < -0.39 is 0 Å². The highest BCUT2D eigenvalue weighted by Gasteiger charge is 2.25. The van der Waals surface area contributed by atoms with Crippen molar-refractivity contribution in [3.8, 4) is 11.5 Å². The second kappa shape index (κ2) is 5.52. The number of nitrogens with zero attached hydrogens (tertiary/aromatic N) is 1. The van der Waals surface area contributed by atoms with Gasteiger partial charge in [0, 0.05) is 19.2 Å². The van der Waals surface area contributed by atoms with Gasteiger partial charge in [0.05, 0.1) is 11.3 Å². The second-order valence-corrected chi connectivity index (χ2v) is 5.05. The zero-order chi connectivity index (χ0) is 15.7. The number of hydrogen-bond donors (Lipinski definition) is 1. The fourth-order valence-corrected chi connectivity index (χ4v) is 2.34. The van der Waals surface area contributed by atoms with Crippen LogP contribution in [0, 0.1) is 0 Å². The summed E-state index contributed by atoms with van der Waals surface area (Å²) in [6.45, 7) is 1.78. The molecule has 0 aliphatic carbocycles. The lowest BCUT2D eigenvalue weighted by Gasteiger charge is -2.15. The minimum atomic E-state index is -0.174.